The van der Waals surface area contributed by atoms with Crippen LogP contribution in [0.4, 0.5) is 0 Å². The van der Waals surface area contributed by atoms with E-state index < -0.39 is 5.60 Å². The quantitative estimate of drug-likeness (QED) is 0.753. The van der Waals surface area contributed by atoms with Gasteiger partial charge in [0.25, 0.3) is 0 Å². The van der Waals surface area contributed by atoms with Crippen LogP contribution in [-0.2, 0) is 12.1 Å². The predicted octanol–water partition coefficient (Wildman–Crippen LogP) is 2.09. The third-order valence-corrected chi connectivity index (χ3v) is 2.67. The Balaban J connectivity index is 3.07. The molecule has 0 saturated heterocycles. The molecule has 0 aliphatic heterocycles. The average Bonchev–Trinajstić information content (AvgIpc) is 2.70. The second-order valence-corrected chi connectivity index (χ2v) is 3.98. The van der Waals surface area contributed by atoms with Gasteiger partial charge in [0.15, 0.2) is 5.75 Å². The SMILES string of the molecule is C=CCCC(C)(O)c1c(OC)cnn1CC. The predicted molar refractivity (Wildman–Crippen MR) is 63.5 cm³/mol. The topological polar surface area (TPSA) is 47.3 Å². The van der Waals surface area contributed by atoms with Crippen molar-refractivity contribution in [2.45, 2.75) is 38.8 Å². The summed E-state index contributed by atoms with van der Waals surface area (Å²) in [7, 11) is 1.59. The number of aromatic nitrogens is 2. The van der Waals surface area contributed by atoms with Crippen LogP contribution >= 0.6 is 0 Å². The molecule has 1 N–H and O–H groups in total. The lowest BCUT2D eigenvalue weighted by atomic mass is 9.95. The normalized spacial score (nSPS) is 14.5. The minimum absolute atomic E-state index is 0.610. The second kappa shape index (κ2) is 5.16. The maximum Gasteiger partial charge on any atom is 0.162 e. The third-order valence-electron chi connectivity index (χ3n) is 2.67. The van der Waals surface area contributed by atoms with Gasteiger partial charge in [-0.2, -0.15) is 5.10 Å². The first-order chi connectivity index (χ1) is 7.56. The van der Waals surface area contributed by atoms with Crippen LogP contribution in [0.5, 0.6) is 5.75 Å². The summed E-state index contributed by atoms with van der Waals surface area (Å²) in [5.74, 6) is 0.635. The number of aliphatic hydroxyl groups is 1. The van der Waals surface area contributed by atoms with Gasteiger partial charge in [-0.3, -0.25) is 4.68 Å². The summed E-state index contributed by atoms with van der Waals surface area (Å²) in [5, 5.41) is 14.6. The first-order valence-corrected chi connectivity index (χ1v) is 5.50. The molecule has 1 rings (SSSR count). The van der Waals surface area contributed by atoms with Crippen LogP contribution in [0.3, 0.4) is 0 Å². The van der Waals surface area contributed by atoms with Crippen molar-refractivity contribution >= 4 is 0 Å². The van der Waals surface area contributed by atoms with Crippen molar-refractivity contribution in [3.8, 4) is 5.75 Å². The lowest BCUT2D eigenvalue weighted by molar-refractivity contribution is 0.0369. The molecule has 0 bridgehead atoms. The molecule has 0 amide bonds. The molecule has 0 fully saturated rings. The molecule has 90 valence electrons. The van der Waals surface area contributed by atoms with Crippen molar-refractivity contribution in [3.05, 3.63) is 24.5 Å². The van der Waals surface area contributed by atoms with Gasteiger partial charge in [0.05, 0.1) is 13.3 Å². The van der Waals surface area contributed by atoms with E-state index in [0.717, 1.165) is 12.1 Å². The fourth-order valence-corrected chi connectivity index (χ4v) is 1.80. The first-order valence-electron chi connectivity index (χ1n) is 5.50. The first kappa shape index (κ1) is 12.8. The number of hydrogen-bond donors (Lipinski definition) is 1. The number of allylic oxidation sites excluding steroid dienone is 1. The van der Waals surface area contributed by atoms with E-state index in [0.29, 0.717) is 18.7 Å². The van der Waals surface area contributed by atoms with Gasteiger partial charge in [-0.1, -0.05) is 6.08 Å². The zero-order valence-corrected chi connectivity index (χ0v) is 10.2. The van der Waals surface area contributed by atoms with Gasteiger partial charge in [0.1, 0.15) is 11.3 Å². The van der Waals surface area contributed by atoms with E-state index in [9.17, 15) is 5.11 Å². The second-order valence-electron chi connectivity index (χ2n) is 3.98. The molecule has 0 aromatic carbocycles. The molecule has 0 aliphatic rings. The van der Waals surface area contributed by atoms with Gasteiger partial charge < -0.3 is 9.84 Å². The Hall–Kier alpha value is -1.29. The molecule has 0 aliphatic carbocycles. The number of nitrogens with zero attached hydrogens (tertiary/aromatic N) is 2. The lowest BCUT2D eigenvalue weighted by Crippen LogP contribution is -2.25. The number of rotatable bonds is 6. The van der Waals surface area contributed by atoms with E-state index in [1.807, 2.05) is 6.92 Å². The van der Waals surface area contributed by atoms with Crippen LogP contribution in [0.25, 0.3) is 0 Å². The van der Waals surface area contributed by atoms with Crippen LogP contribution in [0, 0.1) is 0 Å². The van der Waals surface area contributed by atoms with Gasteiger partial charge >= 0.3 is 0 Å². The summed E-state index contributed by atoms with van der Waals surface area (Å²) in [6.45, 7) is 8.14. The van der Waals surface area contributed by atoms with Crippen molar-refractivity contribution in [2.24, 2.45) is 0 Å². The number of hydrogen-bond acceptors (Lipinski definition) is 3. The zero-order chi connectivity index (χ0) is 12.2. The number of methoxy groups -OCH3 is 1. The number of aryl methyl sites for hydroxylation is 1. The summed E-state index contributed by atoms with van der Waals surface area (Å²) >= 11 is 0. The standard InChI is InChI=1S/C12H20N2O2/c1-5-7-8-12(3,15)11-10(16-4)9-13-14(11)6-2/h5,9,15H,1,6-8H2,2-4H3. The Morgan fingerprint density at radius 3 is 2.88 bits per heavy atom. The summed E-state index contributed by atoms with van der Waals surface area (Å²) in [5.41, 5.74) is -0.203. The minimum atomic E-state index is -0.938. The highest BCUT2D eigenvalue weighted by Gasteiger charge is 2.30. The van der Waals surface area contributed by atoms with Crippen molar-refractivity contribution in [1.29, 1.82) is 0 Å². The molecule has 4 nitrogen and oxygen atoms in total. The smallest absolute Gasteiger partial charge is 0.162 e. The van der Waals surface area contributed by atoms with Crippen molar-refractivity contribution in [2.75, 3.05) is 7.11 Å². The Labute approximate surface area is 96.5 Å². The maximum absolute atomic E-state index is 10.4. The Kier molecular flexibility index (Phi) is 4.12. The fourth-order valence-electron chi connectivity index (χ4n) is 1.80. The number of ether oxygens (including phenoxy) is 1. The van der Waals surface area contributed by atoms with Crippen LogP contribution < -0.4 is 4.74 Å². The molecule has 4 heteroatoms. The monoisotopic (exact) mass is 224 g/mol. The molecule has 0 saturated carbocycles. The highest BCUT2D eigenvalue weighted by atomic mass is 16.5. The summed E-state index contributed by atoms with van der Waals surface area (Å²) in [4.78, 5) is 0. The molecular weight excluding hydrogens is 204 g/mol. The Bertz CT molecular complexity index is 334. The van der Waals surface area contributed by atoms with Gasteiger partial charge in [-0.05, 0) is 26.7 Å². The highest BCUT2D eigenvalue weighted by molar-refractivity contribution is 5.30. The third kappa shape index (κ3) is 2.44. The van der Waals surface area contributed by atoms with Crippen LogP contribution in [0.1, 0.15) is 32.4 Å². The van der Waals surface area contributed by atoms with Crippen LogP contribution in [0.15, 0.2) is 18.9 Å². The average molecular weight is 224 g/mol. The maximum atomic E-state index is 10.4. The lowest BCUT2D eigenvalue weighted by Gasteiger charge is -2.24. The molecule has 1 heterocycles. The summed E-state index contributed by atoms with van der Waals surface area (Å²) in [6, 6.07) is 0. The van der Waals surface area contributed by atoms with Crippen LogP contribution in [-0.4, -0.2) is 22.0 Å². The van der Waals surface area contributed by atoms with E-state index in [2.05, 4.69) is 11.7 Å². The van der Waals surface area contributed by atoms with Crippen molar-refractivity contribution in [1.82, 2.24) is 9.78 Å². The van der Waals surface area contributed by atoms with E-state index in [1.54, 1.807) is 31.0 Å². The zero-order valence-electron chi connectivity index (χ0n) is 10.2. The van der Waals surface area contributed by atoms with Crippen molar-refractivity contribution < 1.29 is 9.84 Å². The van der Waals surface area contributed by atoms with E-state index in [-0.39, 0.29) is 0 Å². The van der Waals surface area contributed by atoms with Gasteiger partial charge in [0, 0.05) is 6.54 Å². The summed E-state index contributed by atoms with van der Waals surface area (Å²) < 4.78 is 6.99. The van der Waals surface area contributed by atoms with Gasteiger partial charge in [-0.25, -0.2) is 0 Å². The largest absolute Gasteiger partial charge is 0.493 e. The van der Waals surface area contributed by atoms with Crippen LogP contribution in [0.2, 0.25) is 0 Å². The molecule has 1 aromatic heterocycles. The van der Waals surface area contributed by atoms with E-state index in [4.69, 9.17) is 4.74 Å². The molecule has 1 atom stereocenters. The van der Waals surface area contributed by atoms with Gasteiger partial charge in [0.2, 0.25) is 0 Å². The molecule has 1 unspecified atom stereocenters. The molecule has 0 spiro atoms. The minimum Gasteiger partial charge on any atom is -0.493 e. The van der Waals surface area contributed by atoms with Crippen molar-refractivity contribution in [3.63, 3.8) is 0 Å². The molecular formula is C12H20N2O2. The van der Waals surface area contributed by atoms with E-state index in [1.165, 1.54) is 0 Å². The molecule has 1 aromatic rings. The highest BCUT2D eigenvalue weighted by Crippen LogP contribution is 2.33. The van der Waals surface area contributed by atoms with Gasteiger partial charge in [-0.15, -0.1) is 6.58 Å². The molecule has 16 heavy (non-hydrogen) atoms. The molecule has 0 radical (unpaired) electrons. The fraction of sp³-hybridized carbons (Fsp3) is 0.583. The Morgan fingerprint density at radius 2 is 2.38 bits per heavy atom. The Morgan fingerprint density at radius 1 is 1.69 bits per heavy atom. The summed E-state index contributed by atoms with van der Waals surface area (Å²) in [6.07, 6.45) is 4.80. The van der Waals surface area contributed by atoms with E-state index >= 15 is 0 Å².